The monoisotopic (exact) mass is 556 g/mol. The number of likely N-dealkylation sites (tertiary alicyclic amines) is 1. The van der Waals surface area contributed by atoms with Gasteiger partial charge in [0.2, 0.25) is 0 Å². The van der Waals surface area contributed by atoms with Crippen LogP contribution in [0, 0.1) is 0 Å². The number of likely N-dealkylation sites (N-methyl/N-ethyl adjacent to an activating group) is 1. The van der Waals surface area contributed by atoms with Gasteiger partial charge in [-0.3, -0.25) is 9.00 Å². The van der Waals surface area contributed by atoms with E-state index in [0.29, 0.717) is 28.1 Å². The summed E-state index contributed by atoms with van der Waals surface area (Å²) < 4.78 is 11.7. The third kappa shape index (κ3) is 7.44. The zero-order valence-electron chi connectivity index (χ0n) is 21.4. The van der Waals surface area contributed by atoms with Crippen molar-refractivity contribution in [3.05, 3.63) is 99.5 Å². The maximum Gasteiger partial charge on any atom is 0.253 e. The molecule has 0 radical (unpaired) electrons. The van der Waals surface area contributed by atoms with Crippen LogP contribution in [-0.4, -0.2) is 59.4 Å². The van der Waals surface area contributed by atoms with Crippen LogP contribution in [0.1, 0.15) is 52.6 Å². The van der Waals surface area contributed by atoms with Gasteiger partial charge in [-0.15, -0.1) is 0 Å². The summed E-state index contributed by atoms with van der Waals surface area (Å²) in [6.45, 7) is 3.64. The predicted octanol–water partition coefficient (Wildman–Crippen LogP) is 6.86. The first kappa shape index (κ1) is 27.8. The smallest absolute Gasteiger partial charge is 0.253 e. The Kier molecular flexibility index (Phi) is 9.83. The molecule has 1 aliphatic heterocycles. The van der Waals surface area contributed by atoms with Gasteiger partial charge in [0.15, 0.2) is 0 Å². The van der Waals surface area contributed by atoms with Crippen molar-refractivity contribution in [2.75, 3.05) is 39.5 Å². The molecule has 0 saturated carbocycles. The fourth-order valence-corrected chi connectivity index (χ4v) is 5.93. The summed E-state index contributed by atoms with van der Waals surface area (Å²) in [6.07, 6.45) is 4.86. The minimum Gasteiger partial charge on any atom is -0.341 e. The number of carbonyl (C=O) groups excluding carboxylic acids is 1. The average molecular weight is 558 g/mol. The molecule has 4 rings (SSSR count). The van der Waals surface area contributed by atoms with E-state index in [1.54, 1.807) is 6.26 Å². The van der Waals surface area contributed by atoms with Gasteiger partial charge < -0.3 is 9.80 Å². The van der Waals surface area contributed by atoms with Crippen LogP contribution >= 0.6 is 23.2 Å². The molecule has 1 saturated heterocycles. The van der Waals surface area contributed by atoms with E-state index < -0.39 is 10.8 Å². The molecule has 3 aromatic rings. The van der Waals surface area contributed by atoms with Gasteiger partial charge in [-0.25, -0.2) is 0 Å². The molecule has 1 amide bonds. The highest BCUT2D eigenvalue weighted by Gasteiger charge is 2.24. The third-order valence-electron chi connectivity index (χ3n) is 7.34. The lowest BCUT2D eigenvalue weighted by molar-refractivity contribution is 0.0781. The van der Waals surface area contributed by atoms with Gasteiger partial charge in [0, 0.05) is 47.0 Å². The number of rotatable bonds is 9. The molecule has 37 heavy (non-hydrogen) atoms. The number of carbonyl (C=O) groups is 1. The fraction of sp³-hybridized carbons (Fsp3) is 0.367. The van der Waals surface area contributed by atoms with Crippen LogP contribution in [-0.2, 0) is 10.8 Å². The number of hydrogen-bond acceptors (Lipinski definition) is 3. The van der Waals surface area contributed by atoms with Gasteiger partial charge in [-0.05, 0) is 92.3 Å². The van der Waals surface area contributed by atoms with Crippen molar-refractivity contribution >= 4 is 39.9 Å². The Morgan fingerprint density at radius 2 is 1.68 bits per heavy atom. The molecular weight excluding hydrogens is 523 g/mol. The molecule has 196 valence electrons. The lowest BCUT2D eigenvalue weighted by Gasteiger charge is -2.34. The second-order valence-corrected chi connectivity index (χ2v) is 12.0. The van der Waals surface area contributed by atoms with E-state index in [2.05, 4.69) is 17.0 Å². The van der Waals surface area contributed by atoms with Crippen LogP contribution in [0.25, 0.3) is 0 Å². The summed E-state index contributed by atoms with van der Waals surface area (Å²) in [5.74, 6) is 0.702. The number of benzene rings is 3. The zero-order chi connectivity index (χ0) is 26.4. The third-order valence-corrected chi connectivity index (χ3v) is 9.02. The number of hydrogen-bond donors (Lipinski definition) is 0. The van der Waals surface area contributed by atoms with Crippen molar-refractivity contribution in [1.29, 1.82) is 0 Å². The van der Waals surface area contributed by atoms with Crippen molar-refractivity contribution in [3.8, 4) is 0 Å². The second kappa shape index (κ2) is 13.1. The van der Waals surface area contributed by atoms with Crippen LogP contribution in [0.4, 0.5) is 0 Å². The average Bonchev–Trinajstić information content (AvgIpc) is 2.93. The molecular formula is C30H34Cl2N2O2S. The van der Waals surface area contributed by atoms with Gasteiger partial charge >= 0.3 is 0 Å². The normalized spacial score (nSPS) is 16.3. The van der Waals surface area contributed by atoms with Crippen molar-refractivity contribution in [2.24, 2.45) is 0 Å². The molecule has 2 unspecified atom stereocenters. The predicted molar refractivity (Wildman–Crippen MR) is 154 cm³/mol. The molecule has 7 heteroatoms. The summed E-state index contributed by atoms with van der Waals surface area (Å²) in [5, 5.41) is 1.08. The molecule has 0 spiro atoms. The molecule has 2 atom stereocenters. The van der Waals surface area contributed by atoms with Crippen molar-refractivity contribution in [3.63, 3.8) is 0 Å². The Labute approximate surface area is 233 Å². The van der Waals surface area contributed by atoms with E-state index in [1.165, 1.54) is 5.56 Å². The van der Waals surface area contributed by atoms with Gasteiger partial charge in [0.1, 0.15) is 0 Å². The first-order valence-corrected chi connectivity index (χ1v) is 15.0. The maximum atomic E-state index is 13.0. The highest BCUT2D eigenvalue weighted by molar-refractivity contribution is 7.84. The van der Waals surface area contributed by atoms with E-state index in [9.17, 15) is 9.00 Å². The molecule has 0 N–H and O–H groups in total. The maximum absolute atomic E-state index is 13.0. The van der Waals surface area contributed by atoms with Crippen LogP contribution in [0.3, 0.4) is 0 Å². The summed E-state index contributed by atoms with van der Waals surface area (Å²) >= 11 is 12.6. The van der Waals surface area contributed by atoms with Crippen LogP contribution < -0.4 is 0 Å². The molecule has 3 aromatic carbocycles. The minimum atomic E-state index is -0.941. The summed E-state index contributed by atoms with van der Waals surface area (Å²) in [4.78, 5) is 18.2. The zero-order valence-corrected chi connectivity index (χ0v) is 23.7. The quantitative estimate of drug-likeness (QED) is 0.289. The van der Waals surface area contributed by atoms with E-state index in [-0.39, 0.29) is 11.8 Å². The minimum absolute atomic E-state index is 0.0180. The van der Waals surface area contributed by atoms with Gasteiger partial charge in [0.05, 0.1) is 10.0 Å². The Morgan fingerprint density at radius 3 is 2.30 bits per heavy atom. The first-order chi connectivity index (χ1) is 17.8. The summed E-state index contributed by atoms with van der Waals surface area (Å²) in [6, 6.07) is 23.5. The number of piperidine rings is 1. The summed E-state index contributed by atoms with van der Waals surface area (Å²) in [7, 11) is 0.925. The van der Waals surface area contributed by atoms with E-state index >= 15 is 0 Å². The van der Waals surface area contributed by atoms with Crippen molar-refractivity contribution in [2.45, 2.75) is 36.0 Å². The van der Waals surface area contributed by atoms with Crippen LogP contribution in [0.2, 0.25) is 10.0 Å². The lowest BCUT2D eigenvalue weighted by Crippen LogP contribution is -2.36. The molecule has 0 aromatic heterocycles. The largest absolute Gasteiger partial charge is 0.341 e. The van der Waals surface area contributed by atoms with E-state index in [0.717, 1.165) is 49.4 Å². The molecule has 0 bridgehead atoms. The summed E-state index contributed by atoms with van der Waals surface area (Å²) in [5.41, 5.74) is 3.13. The topological polar surface area (TPSA) is 40.6 Å². The second-order valence-electron chi connectivity index (χ2n) is 9.85. The standard InChI is InChI=1S/C30H34Cl2N2O2S/c1-33(30(35)24-6-4-3-5-7-24)21-26(25-10-13-28(31)29(32)20-25)16-19-34-17-14-23(15-18-34)22-8-11-27(12-9-22)37(2)36/h3-13,20,23,26H,14-19,21H2,1-2H3. The Bertz CT molecular complexity index is 1210. The fourth-order valence-electron chi connectivity index (χ4n) is 5.10. The van der Waals surface area contributed by atoms with Gasteiger partial charge in [0.25, 0.3) is 5.91 Å². The molecule has 0 aliphatic carbocycles. The SMILES string of the molecule is CN(CC(CCN1CCC(c2ccc(S(C)=O)cc2)CC1)c1ccc(Cl)c(Cl)c1)C(=O)c1ccccc1. The van der Waals surface area contributed by atoms with Crippen LogP contribution in [0.15, 0.2) is 77.7 Å². The Morgan fingerprint density at radius 1 is 1.00 bits per heavy atom. The molecule has 1 aliphatic rings. The number of halogens is 2. The van der Waals surface area contributed by atoms with E-state index in [4.69, 9.17) is 23.2 Å². The highest BCUT2D eigenvalue weighted by atomic mass is 35.5. The Balaban J connectivity index is 1.38. The van der Waals surface area contributed by atoms with Crippen molar-refractivity contribution in [1.82, 2.24) is 9.80 Å². The Hall–Kier alpha value is -2.18. The molecule has 1 fully saturated rings. The molecule has 4 nitrogen and oxygen atoms in total. The van der Waals surface area contributed by atoms with Gasteiger partial charge in [-0.2, -0.15) is 0 Å². The van der Waals surface area contributed by atoms with Gasteiger partial charge in [-0.1, -0.05) is 59.6 Å². The van der Waals surface area contributed by atoms with Crippen LogP contribution in [0.5, 0.6) is 0 Å². The van der Waals surface area contributed by atoms with E-state index in [1.807, 2.05) is 72.6 Å². The van der Waals surface area contributed by atoms with Crippen molar-refractivity contribution < 1.29 is 9.00 Å². The number of nitrogens with zero attached hydrogens (tertiary/aromatic N) is 2. The highest BCUT2D eigenvalue weighted by Crippen LogP contribution is 2.31. The number of amides is 1. The molecule has 1 heterocycles. The lowest BCUT2D eigenvalue weighted by atomic mass is 9.89. The first-order valence-electron chi connectivity index (χ1n) is 12.7.